The molecule has 0 bridgehead atoms. The molecule has 0 fully saturated rings. The van der Waals surface area contributed by atoms with Crippen molar-refractivity contribution in [2.45, 2.75) is 85.6 Å². The number of benzene rings is 3. The Hall–Kier alpha value is -3.96. The summed E-state index contributed by atoms with van der Waals surface area (Å²) in [4.78, 5) is 17.8. The first-order valence-electron chi connectivity index (χ1n) is 17.2. The number of nitrogens with zero attached hydrogens (tertiary/aromatic N) is 1. The first-order valence-corrected chi connectivity index (χ1v) is 19.2. The molecule has 1 heterocycles. The number of phenolic OH excluding ortho intramolecular Hbond substituents is 1. The van der Waals surface area contributed by atoms with E-state index in [9.17, 15) is 9.90 Å². The van der Waals surface area contributed by atoms with E-state index in [1.54, 1.807) is 0 Å². The maximum atomic E-state index is 12.7. The molecular formula is C39H53N3O6Si. The van der Waals surface area contributed by atoms with Crippen LogP contribution in [-0.4, -0.2) is 51.3 Å². The van der Waals surface area contributed by atoms with E-state index in [1.807, 2.05) is 87.5 Å². The van der Waals surface area contributed by atoms with E-state index in [4.69, 9.17) is 22.7 Å². The lowest BCUT2D eigenvalue weighted by Gasteiger charge is -2.28. The van der Waals surface area contributed by atoms with Gasteiger partial charge in [0.1, 0.15) is 11.4 Å². The summed E-state index contributed by atoms with van der Waals surface area (Å²) in [5.41, 5.74) is 4.98. The standard InChI is InChI=1S/C39H53N3O6Si/c1-10-45-49(46-11-2,47-12-3)24-16-23-40-37(44)41-30-21-19-28(20-22-30)35-33(27-17-14-13-15-18-27)42-36(48-35)29-25-31(38(4,5)6)34(43)32(26-29)39(7,8)9/h13-15,17-22,25-26,43H,10-12,16,23-24H2,1-9H3,(H2,40,41,44). The molecule has 264 valence electrons. The molecule has 0 atom stereocenters. The second kappa shape index (κ2) is 16.2. The van der Waals surface area contributed by atoms with E-state index in [-0.39, 0.29) is 16.9 Å². The summed E-state index contributed by atoms with van der Waals surface area (Å²) < 4.78 is 24.3. The molecule has 3 N–H and O–H groups in total. The average molecular weight is 688 g/mol. The minimum Gasteiger partial charge on any atom is -0.507 e. The molecule has 0 spiro atoms. The highest BCUT2D eigenvalue weighted by atomic mass is 28.4. The van der Waals surface area contributed by atoms with Gasteiger partial charge in [-0.3, -0.25) is 0 Å². The number of hydrogen-bond donors (Lipinski definition) is 3. The van der Waals surface area contributed by atoms with Gasteiger partial charge < -0.3 is 33.4 Å². The van der Waals surface area contributed by atoms with Gasteiger partial charge in [0.05, 0.1) is 0 Å². The van der Waals surface area contributed by atoms with Gasteiger partial charge in [-0.2, -0.15) is 0 Å². The normalized spacial score (nSPS) is 12.3. The van der Waals surface area contributed by atoms with E-state index >= 15 is 0 Å². The number of aromatic hydroxyl groups is 1. The van der Waals surface area contributed by atoms with Gasteiger partial charge in [0, 0.05) is 65.9 Å². The predicted molar refractivity (Wildman–Crippen MR) is 199 cm³/mol. The van der Waals surface area contributed by atoms with Crippen molar-refractivity contribution in [3.63, 3.8) is 0 Å². The highest BCUT2D eigenvalue weighted by Crippen LogP contribution is 2.43. The van der Waals surface area contributed by atoms with Gasteiger partial charge in [-0.15, -0.1) is 0 Å². The fourth-order valence-electron chi connectivity index (χ4n) is 5.72. The van der Waals surface area contributed by atoms with Crippen LogP contribution < -0.4 is 10.6 Å². The van der Waals surface area contributed by atoms with Crippen LogP contribution in [0.15, 0.2) is 71.1 Å². The van der Waals surface area contributed by atoms with Crippen LogP contribution in [-0.2, 0) is 24.1 Å². The number of carbonyl (C=O) groups excluding carboxylic acids is 1. The Morgan fingerprint density at radius 3 is 1.86 bits per heavy atom. The molecule has 0 aliphatic rings. The van der Waals surface area contributed by atoms with Gasteiger partial charge in [0.2, 0.25) is 5.89 Å². The lowest BCUT2D eigenvalue weighted by Crippen LogP contribution is -2.46. The summed E-state index contributed by atoms with van der Waals surface area (Å²) in [5.74, 6) is 1.39. The molecular weight excluding hydrogens is 635 g/mol. The molecule has 2 amide bonds. The predicted octanol–water partition coefficient (Wildman–Crippen LogP) is 9.54. The van der Waals surface area contributed by atoms with Crippen molar-refractivity contribution in [3.8, 4) is 39.8 Å². The quantitative estimate of drug-likeness (QED) is 0.0893. The molecule has 4 rings (SSSR count). The number of nitrogens with one attached hydrogen (secondary N) is 2. The third-order valence-corrected chi connectivity index (χ3v) is 11.2. The second-order valence-corrected chi connectivity index (χ2v) is 16.8. The van der Waals surface area contributed by atoms with Gasteiger partial charge in [-0.25, -0.2) is 9.78 Å². The third-order valence-electron chi connectivity index (χ3n) is 8.09. The van der Waals surface area contributed by atoms with E-state index in [0.717, 1.165) is 27.8 Å². The first kappa shape index (κ1) is 37.8. The summed E-state index contributed by atoms with van der Waals surface area (Å²) in [6.07, 6.45) is 0.671. The van der Waals surface area contributed by atoms with E-state index in [0.29, 0.717) is 67.6 Å². The largest absolute Gasteiger partial charge is 0.507 e. The highest BCUT2D eigenvalue weighted by Gasteiger charge is 2.39. The average Bonchev–Trinajstić information content (AvgIpc) is 3.49. The van der Waals surface area contributed by atoms with Crippen molar-refractivity contribution < 1.29 is 27.6 Å². The van der Waals surface area contributed by atoms with Crippen molar-refractivity contribution in [1.29, 1.82) is 0 Å². The number of anilines is 1. The van der Waals surface area contributed by atoms with Gasteiger partial charge in [-0.05, 0) is 74.4 Å². The van der Waals surface area contributed by atoms with Gasteiger partial charge in [-0.1, -0.05) is 71.9 Å². The third kappa shape index (κ3) is 9.60. The SMILES string of the molecule is CCO[Si](CCCNC(=O)Nc1ccc(-c2oc(-c3cc(C(C)(C)C)c(O)c(C(C)(C)C)c3)nc2-c2ccccc2)cc1)(OCC)OCC. The van der Waals surface area contributed by atoms with Crippen LogP contribution >= 0.6 is 0 Å². The molecule has 0 radical (unpaired) electrons. The number of hydrogen-bond acceptors (Lipinski definition) is 7. The minimum atomic E-state index is -2.75. The number of rotatable bonds is 14. The van der Waals surface area contributed by atoms with Crippen LogP contribution in [0.1, 0.15) is 79.9 Å². The van der Waals surface area contributed by atoms with Gasteiger partial charge >= 0.3 is 14.8 Å². The van der Waals surface area contributed by atoms with E-state index in [1.165, 1.54) is 0 Å². The van der Waals surface area contributed by atoms with Crippen LogP contribution in [0, 0.1) is 0 Å². The van der Waals surface area contributed by atoms with Gasteiger partial charge in [0.15, 0.2) is 5.76 Å². The molecule has 0 unspecified atom stereocenters. The molecule has 0 aliphatic carbocycles. The number of phenols is 1. The smallest absolute Gasteiger partial charge is 0.500 e. The van der Waals surface area contributed by atoms with Crippen LogP contribution in [0.3, 0.4) is 0 Å². The Balaban J connectivity index is 1.56. The summed E-state index contributed by atoms with van der Waals surface area (Å²) in [7, 11) is -2.75. The van der Waals surface area contributed by atoms with E-state index in [2.05, 4.69) is 52.2 Å². The maximum Gasteiger partial charge on any atom is 0.500 e. The van der Waals surface area contributed by atoms with Crippen LogP contribution in [0.4, 0.5) is 10.5 Å². The van der Waals surface area contributed by atoms with Crippen molar-refractivity contribution in [2.24, 2.45) is 0 Å². The van der Waals surface area contributed by atoms with Gasteiger partial charge in [0.25, 0.3) is 0 Å². The Labute approximate surface area is 292 Å². The van der Waals surface area contributed by atoms with Crippen LogP contribution in [0.2, 0.25) is 6.04 Å². The van der Waals surface area contributed by atoms with Crippen LogP contribution in [0.25, 0.3) is 34.0 Å². The summed E-state index contributed by atoms with van der Waals surface area (Å²) in [5, 5.41) is 17.1. The zero-order chi connectivity index (χ0) is 35.8. The molecule has 0 aliphatic heterocycles. The zero-order valence-corrected chi connectivity index (χ0v) is 31.5. The molecule has 49 heavy (non-hydrogen) atoms. The first-order chi connectivity index (χ1) is 23.2. The Morgan fingerprint density at radius 2 is 1.35 bits per heavy atom. The second-order valence-electron chi connectivity index (χ2n) is 14.0. The Bertz CT molecular complexity index is 1620. The molecule has 0 saturated carbocycles. The number of urea groups is 1. The molecule has 0 saturated heterocycles. The topological polar surface area (TPSA) is 115 Å². The minimum absolute atomic E-state index is 0.296. The van der Waals surface area contributed by atoms with E-state index < -0.39 is 8.80 Å². The number of amides is 2. The lowest BCUT2D eigenvalue weighted by molar-refractivity contribution is 0.0708. The van der Waals surface area contributed by atoms with Crippen molar-refractivity contribution in [2.75, 3.05) is 31.7 Å². The molecule has 1 aromatic heterocycles. The zero-order valence-electron chi connectivity index (χ0n) is 30.5. The molecule has 10 heteroatoms. The summed E-state index contributed by atoms with van der Waals surface area (Å²) in [6.45, 7) is 20.3. The maximum absolute atomic E-state index is 12.7. The summed E-state index contributed by atoms with van der Waals surface area (Å²) >= 11 is 0. The number of oxazole rings is 1. The molecule has 9 nitrogen and oxygen atoms in total. The fraction of sp³-hybridized carbons (Fsp3) is 0.436. The highest BCUT2D eigenvalue weighted by molar-refractivity contribution is 6.60. The fourth-order valence-corrected chi connectivity index (χ4v) is 8.33. The number of carbonyl (C=O) groups is 1. The van der Waals surface area contributed by atoms with Crippen molar-refractivity contribution in [1.82, 2.24) is 10.3 Å². The Kier molecular flexibility index (Phi) is 12.5. The lowest BCUT2D eigenvalue weighted by atomic mass is 9.78. The van der Waals surface area contributed by atoms with Crippen LogP contribution in [0.5, 0.6) is 5.75 Å². The van der Waals surface area contributed by atoms with Crippen molar-refractivity contribution >= 4 is 20.5 Å². The number of aromatic nitrogens is 1. The monoisotopic (exact) mass is 687 g/mol. The Morgan fingerprint density at radius 1 is 0.796 bits per heavy atom. The summed E-state index contributed by atoms with van der Waals surface area (Å²) in [6, 6.07) is 21.7. The molecule has 4 aromatic rings. The van der Waals surface area contributed by atoms with Crippen molar-refractivity contribution in [3.05, 3.63) is 77.9 Å². The molecule has 3 aromatic carbocycles.